The molecule has 0 aromatic carbocycles. The molecule has 34 valence electrons. The molecule has 0 rings (SSSR count). The molecule has 0 amide bonds. The first kappa shape index (κ1) is 9.03. The second-order valence-corrected chi connectivity index (χ2v) is 0.612. The van der Waals surface area contributed by atoms with E-state index in [1.165, 1.54) is 0 Å². The summed E-state index contributed by atoms with van der Waals surface area (Å²) in [4.78, 5) is 0. The highest BCUT2D eigenvalue weighted by atomic mass is 35.5. The van der Waals surface area contributed by atoms with E-state index >= 15 is 0 Å². The molecule has 0 aliphatic carbocycles. The van der Waals surface area contributed by atoms with Crippen molar-refractivity contribution in [2.45, 2.75) is 0 Å². The van der Waals surface area contributed by atoms with Gasteiger partial charge in [0.1, 0.15) is 0 Å². The van der Waals surface area contributed by atoms with Crippen LogP contribution in [0, 0.1) is 12.4 Å². The summed E-state index contributed by atoms with van der Waals surface area (Å²) in [5, 5.41) is 0. The van der Waals surface area contributed by atoms with Gasteiger partial charge in [-0.2, -0.15) is 0 Å². The van der Waals surface area contributed by atoms with E-state index in [0.717, 1.165) is 0 Å². The zero-order valence-electron chi connectivity index (χ0n) is 2.13. The Labute approximate surface area is 37.9 Å². The molecule has 3 nitrogen and oxygen atoms in total. The van der Waals surface area contributed by atoms with Crippen molar-refractivity contribution in [3.63, 3.8) is 0 Å². The fourth-order valence-corrected chi connectivity index (χ4v) is 0. The molecular formula is H3ClO3S. The summed E-state index contributed by atoms with van der Waals surface area (Å²) in [5.41, 5.74) is 0. The third kappa shape index (κ3) is 187. The lowest BCUT2D eigenvalue weighted by molar-refractivity contribution is -0.00000532. The van der Waals surface area contributed by atoms with Gasteiger partial charge in [0.15, 0.2) is 0 Å². The topological polar surface area (TPSA) is 63.2 Å². The van der Waals surface area contributed by atoms with E-state index in [-0.39, 0.29) is 12.4 Å². The molecule has 0 aromatic heterocycles. The SMILES string of the molecule is O=S([O-])[O-].[ClH3+2]. The van der Waals surface area contributed by atoms with Crippen molar-refractivity contribution in [1.82, 2.24) is 0 Å². The van der Waals surface area contributed by atoms with Crippen LogP contribution in [0.4, 0.5) is 0 Å². The van der Waals surface area contributed by atoms with E-state index in [0.29, 0.717) is 0 Å². The van der Waals surface area contributed by atoms with E-state index in [1.807, 2.05) is 0 Å². The van der Waals surface area contributed by atoms with E-state index in [1.54, 1.807) is 0 Å². The van der Waals surface area contributed by atoms with Crippen molar-refractivity contribution in [1.29, 1.82) is 0 Å². The lowest BCUT2D eigenvalue weighted by Gasteiger charge is -2.03. The minimum absolute atomic E-state index is 0. The Morgan fingerprint density at radius 3 is 1.40 bits per heavy atom. The quantitative estimate of drug-likeness (QED) is 0.353. The van der Waals surface area contributed by atoms with Gasteiger partial charge in [-0.05, 0) is 0 Å². The summed E-state index contributed by atoms with van der Waals surface area (Å²) in [6.07, 6.45) is 0. The molecule has 0 saturated heterocycles. The molecule has 0 saturated carbocycles. The molecule has 0 atom stereocenters. The minimum Gasteiger partial charge on any atom is -0.784 e. The van der Waals surface area contributed by atoms with Crippen molar-refractivity contribution in [3.05, 3.63) is 0 Å². The second-order valence-electron chi connectivity index (χ2n) is 0.204. The van der Waals surface area contributed by atoms with Gasteiger partial charge in [-0.1, -0.05) is 12.4 Å². The van der Waals surface area contributed by atoms with Crippen LogP contribution in [0.1, 0.15) is 0 Å². The van der Waals surface area contributed by atoms with Crippen LogP contribution >= 0.6 is 0 Å². The summed E-state index contributed by atoms with van der Waals surface area (Å²) in [5.74, 6) is 0. The van der Waals surface area contributed by atoms with Crippen LogP contribution in [0.15, 0.2) is 0 Å². The molecule has 5 heavy (non-hydrogen) atoms. The Bertz CT molecular complexity index is 29.9. The van der Waals surface area contributed by atoms with Gasteiger partial charge in [-0.25, -0.2) is 0 Å². The second kappa shape index (κ2) is 4.36. The number of halogens is 1. The highest BCUT2D eigenvalue weighted by molar-refractivity contribution is 7.72. The minimum atomic E-state index is -3.11. The van der Waals surface area contributed by atoms with Crippen LogP contribution in [0.2, 0.25) is 0 Å². The van der Waals surface area contributed by atoms with Crippen molar-refractivity contribution >= 4 is 11.4 Å². The van der Waals surface area contributed by atoms with E-state index < -0.39 is 11.4 Å². The maximum absolute atomic E-state index is 8.44. The standard InChI is InChI=1S/ClH3.H2O3S/c;1-4(2)3/h1H3;(H2,1,2,3)/q+2;/p-2. The highest BCUT2D eigenvalue weighted by Crippen LogP contribution is 1.42. The molecule has 0 bridgehead atoms. The summed E-state index contributed by atoms with van der Waals surface area (Å²) >= 11 is -3.11. The highest BCUT2D eigenvalue weighted by Gasteiger charge is 1.20. The molecule has 0 radical (unpaired) electrons. The average molecular weight is 119 g/mol. The molecule has 0 spiro atoms. The van der Waals surface area contributed by atoms with E-state index in [9.17, 15) is 0 Å². The molecule has 0 aliphatic heterocycles. The van der Waals surface area contributed by atoms with Crippen molar-refractivity contribution in [2.75, 3.05) is 0 Å². The summed E-state index contributed by atoms with van der Waals surface area (Å²) in [6, 6.07) is 0. The predicted molar refractivity (Wildman–Crippen MR) is 13.9 cm³/mol. The molecule has 5 heteroatoms. The molecule has 0 N–H and O–H groups in total. The fourth-order valence-electron chi connectivity index (χ4n) is 0. The van der Waals surface area contributed by atoms with Gasteiger partial charge in [-0.15, -0.1) is 11.4 Å². The van der Waals surface area contributed by atoms with Crippen LogP contribution in [-0.2, 0) is 11.4 Å². The van der Waals surface area contributed by atoms with Crippen LogP contribution in [0.3, 0.4) is 0 Å². The summed E-state index contributed by atoms with van der Waals surface area (Å²) in [7, 11) is 0. The van der Waals surface area contributed by atoms with Gasteiger partial charge in [0, 0.05) is 0 Å². The zero-order valence-corrected chi connectivity index (χ0v) is 3.95. The predicted octanol–water partition coefficient (Wildman–Crippen LogP) is -1.81. The van der Waals surface area contributed by atoms with Crippen molar-refractivity contribution in [2.24, 2.45) is 0 Å². The number of hydrogen-bond acceptors (Lipinski definition) is 3. The average Bonchev–Trinajstić information content (AvgIpc) is 0.811. The molecule has 0 aromatic rings. The molecule has 0 heterocycles. The summed E-state index contributed by atoms with van der Waals surface area (Å²) < 4.78 is 25.3. The van der Waals surface area contributed by atoms with Crippen molar-refractivity contribution in [3.8, 4) is 0 Å². The number of rotatable bonds is 0. The zero-order chi connectivity index (χ0) is 3.58. The third-order valence-corrected chi connectivity index (χ3v) is 0. The van der Waals surface area contributed by atoms with E-state index in [4.69, 9.17) is 13.3 Å². The van der Waals surface area contributed by atoms with Crippen LogP contribution in [0.5, 0.6) is 0 Å². The fraction of sp³-hybridized carbons (Fsp3) is 0. The van der Waals surface area contributed by atoms with Gasteiger partial charge in [0.25, 0.3) is 0 Å². The van der Waals surface area contributed by atoms with Crippen LogP contribution in [0.25, 0.3) is 0 Å². The van der Waals surface area contributed by atoms with Crippen LogP contribution in [-0.4, -0.2) is 13.3 Å². The van der Waals surface area contributed by atoms with Gasteiger partial charge < -0.3 is 9.11 Å². The smallest absolute Gasteiger partial charge is 0.0540 e. The largest absolute Gasteiger partial charge is 0.784 e. The first-order valence-corrected chi connectivity index (χ1v) is 1.50. The summed E-state index contributed by atoms with van der Waals surface area (Å²) in [6.45, 7) is 0. The molecule has 0 unspecified atom stereocenters. The van der Waals surface area contributed by atoms with Gasteiger partial charge in [-0.3, -0.25) is 4.21 Å². The van der Waals surface area contributed by atoms with Gasteiger partial charge in [0.2, 0.25) is 0 Å². The Kier molecular flexibility index (Phi) is 7.87. The molecule has 0 fully saturated rings. The number of hydrogen-bond donors (Lipinski definition) is 0. The Balaban J connectivity index is 0. The molecule has 0 aliphatic rings. The first-order chi connectivity index (χ1) is 1.73. The van der Waals surface area contributed by atoms with Gasteiger partial charge in [0.05, 0.1) is 0 Å². The normalized spacial score (nSPS) is 7.00. The first-order valence-electron chi connectivity index (χ1n) is 0.500. The third-order valence-electron chi connectivity index (χ3n) is 0. The maximum atomic E-state index is 8.44. The molecular weight excluding hydrogens is 116 g/mol. The Morgan fingerprint density at radius 1 is 1.40 bits per heavy atom. The lowest BCUT2D eigenvalue weighted by atomic mass is 15.8. The maximum Gasteiger partial charge on any atom is -0.0540 e. The Hall–Kier alpha value is 0.360. The van der Waals surface area contributed by atoms with E-state index in [2.05, 4.69) is 0 Å². The Morgan fingerprint density at radius 2 is 1.40 bits per heavy atom. The van der Waals surface area contributed by atoms with Gasteiger partial charge >= 0.3 is 0 Å². The monoisotopic (exact) mass is 118 g/mol. The lowest BCUT2D eigenvalue weighted by Crippen LogP contribution is -1.76. The van der Waals surface area contributed by atoms with Crippen molar-refractivity contribution < 1.29 is 25.7 Å². The van der Waals surface area contributed by atoms with Crippen LogP contribution < -0.4 is 0 Å².